The number of hydrogen-bond acceptors (Lipinski definition) is 3. The lowest BCUT2D eigenvalue weighted by Gasteiger charge is -2.38. The molecule has 2 amide bonds. The zero-order valence-electron chi connectivity index (χ0n) is 16.7. The number of carbonyl (C=O) groups excluding carboxylic acids is 1. The van der Waals surface area contributed by atoms with E-state index in [9.17, 15) is 4.79 Å². The lowest BCUT2D eigenvalue weighted by atomic mass is 10.0. The highest BCUT2D eigenvalue weighted by molar-refractivity contribution is 5.92. The van der Waals surface area contributed by atoms with Crippen molar-refractivity contribution in [1.29, 1.82) is 0 Å². The van der Waals surface area contributed by atoms with Crippen LogP contribution in [0.2, 0.25) is 0 Å². The molecule has 0 atom stereocenters. The van der Waals surface area contributed by atoms with Gasteiger partial charge in [0.2, 0.25) is 0 Å². The third-order valence-corrected chi connectivity index (χ3v) is 5.53. The third kappa shape index (κ3) is 4.49. The molecule has 1 fully saturated rings. The van der Waals surface area contributed by atoms with Crippen LogP contribution in [0.4, 0.5) is 10.5 Å². The Labute approximate surface area is 171 Å². The Kier molecular flexibility index (Phi) is 5.62. The molecule has 0 unspecified atom stereocenters. The fraction of sp³-hybridized carbons (Fsp3) is 0.304. The van der Waals surface area contributed by atoms with Crippen molar-refractivity contribution in [2.75, 3.05) is 18.0 Å². The van der Waals surface area contributed by atoms with Gasteiger partial charge in [0.1, 0.15) is 0 Å². The predicted molar refractivity (Wildman–Crippen MR) is 115 cm³/mol. The maximum atomic E-state index is 12.3. The topological polar surface area (TPSA) is 67.4 Å². The van der Waals surface area contributed by atoms with Gasteiger partial charge in [-0.2, -0.15) is 0 Å². The van der Waals surface area contributed by atoms with Gasteiger partial charge in [-0.1, -0.05) is 42.5 Å². The van der Waals surface area contributed by atoms with E-state index in [1.54, 1.807) is 11.2 Å². The number of carbonyl (C=O) groups is 1. The van der Waals surface area contributed by atoms with E-state index in [0.29, 0.717) is 0 Å². The molecule has 6 nitrogen and oxygen atoms in total. The van der Waals surface area contributed by atoms with Crippen molar-refractivity contribution in [3.8, 4) is 11.3 Å². The fourth-order valence-electron chi connectivity index (χ4n) is 4.07. The number of nitrogens with two attached hydrogens (primary N) is 1. The number of aryl methyl sites for hydroxylation is 1. The Bertz CT molecular complexity index is 960. The van der Waals surface area contributed by atoms with Crippen LogP contribution in [0.3, 0.4) is 0 Å². The molecule has 2 heterocycles. The van der Waals surface area contributed by atoms with Crippen molar-refractivity contribution in [2.24, 2.45) is 12.8 Å². The summed E-state index contributed by atoms with van der Waals surface area (Å²) in [6.07, 6.45) is 5.55. The van der Waals surface area contributed by atoms with Crippen LogP contribution in [-0.4, -0.2) is 39.6 Å². The van der Waals surface area contributed by atoms with Gasteiger partial charge in [-0.3, -0.25) is 9.80 Å². The highest BCUT2D eigenvalue weighted by Gasteiger charge is 2.28. The minimum Gasteiger partial charge on any atom is -0.351 e. The number of nitrogens with zero attached hydrogens (tertiary/aromatic N) is 4. The maximum absolute atomic E-state index is 12.3. The molecule has 1 aromatic heterocycles. The molecule has 29 heavy (non-hydrogen) atoms. The van der Waals surface area contributed by atoms with Gasteiger partial charge >= 0.3 is 6.03 Å². The normalized spacial score (nSPS) is 15.3. The van der Waals surface area contributed by atoms with Gasteiger partial charge in [0.05, 0.1) is 12.0 Å². The van der Waals surface area contributed by atoms with Gasteiger partial charge in [0.25, 0.3) is 0 Å². The molecule has 150 valence electrons. The molecule has 4 rings (SSSR count). The summed E-state index contributed by atoms with van der Waals surface area (Å²) >= 11 is 0. The Morgan fingerprint density at radius 2 is 1.90 bits per heavy atom. The van der Waals surface area contributed by atoms with E-state index in [4.69, 9.17) is 5.73 Å². The first-order valence-electron chi connectivity index (χ1n) is 10.0. The standard InChI is InChI=1S/C23H27N5O/c1-26-16-22(25-17-26)19-8-5-9-21(14-19)28(23(24)29)20-10-12-27(13-11-20)15-18-6-3-2-4-7-18/h2-9,14,16-17,20H,10-13,15H2,1H3,(H2,24,29). The zero-order valence-corrected chi connectivity index (χ0v) is 16.7. The van der Waals surface area contributed by atoms with Crippen LogP contribution in [0.5, 0.6) is 0 Å². The van der Waals surface area contributed by atoms with Crippen LogP contribution in [0.15, 0.2) is 67.1 Å². The molecular formula is C23H27N5O. The minimum absolute atomic E-state index is 0.110. The summed E-state index contributed by atoms with van der Waals surface area (Å²) in [5, 5.41) is 0. The van der Waals surface area contributed by atoms with E-state index in [0.717, 1.165) is 49.4 Å². The zero-order chi connectivity index (χ0) is 20.2. The Balaban J connectivity index is 1.47. The van der Waals surface area contributed by atoms with Crippen LogP contribution in [0, 0.1) is 0 Å². The highest BCUT2D eigenvalue weighted by Crippen LogP contribution is 2.28. The number of likely N-dealkylation sites (tertiary alicyclic amines) is 1. The summed E-state index contributed by atoms with van der Waals surface area (Å²) in [4.78, 5) is 20.9. The highest BCUT2D eigenvalue weighted by atomic mass is 16.2. The fourth-order valence-corrected chi connectivity index (χ4v) is 4.07. The van der Waals surface area contributed by atoms with Crippen molar-refractivity contribution in [2.45, 2.75) is 25.4 Å². The largest absolute Gasteiger partial charge is 0.351 e. The van der Waals surface area contributed by atoms with Crippen molar-refractivity contribution in [3.63, 3.8) is 0 Å². The van der Waals surface area contributed by atoms with Gasteiger partial charge < -0.3 is 10.3 Å². The van der Waals surface area contributed by atoms with Crippen molar-refractivity contribution in [1.82, 2.24) is 14.5 Å². The summed E-state index contributed by atoms with van der Waals surface area (Å²) in [6, 6.07) is 18.1. The molecule has 1 aliphatic rings. The quantitative estimate of drug-likeness (QED) is 0.724. The second-order valence-electron chi connectivity index (χ2n) is 7.68. The van der Waals surface area contributed by atoms with Crippen LogP contribution in [0.1, 0.15) is 18.4 Å². The summed E-state index contributed by atoms with van der Waals surface area (Å²) in [7, 11) is 1.94. The molecule has 3 aromatic rings. The molecule has 1 aliphatic heterocycles. The van der Waals surface area contributed by atoms with Gasteiger partial charge in [0.15, 0.2) is 0 Å². The van der Waals surface area contributed by atoms with Gasteiger partial charge in [-0.05, 0) is 30.5 Å². The lowest BCUT2D eigenvalue weighted by molar-refractivity contribution is 0.199. The predicted octanol–water partition coefficient (Wildman–Crippen LogP) is 3.64. The van der Waals surface area contributed by atoms with Crippen LogP contribution in [0.25, 0.3) is 11.3 Å². The molecule has 1 saturated heterocycles. The molecule has 2 aromatic carbocycles. The average Bonchev–Trinajstić information content (AvgIpc) is 3.17. The smallest absolute Gasteiger partial charge is 0.319 e. The number of hydrogen-bond donors (Lipinski definition) is 1. The van der Waals surface area contributed by atoms with Crippen LogP contribution >= 0.6 is 0 Å². The van der Waals surface area contributed by atoms with E-state index in [2.05, 4.69) is 34.1 Å². The summed E-state index contributed by atoms with van der Waals surface area (Å²) in [6.45, 7) is 2.84. The van der Waals surface area contributed by atoms with E-state index < -0.39 is 6.03 Å². The Hall–Kier alpha value is -3.12. The molecule has 0 radical (unpaired) electrons. The molecule has 0 spiro atoms. The number of rotatable bonds is 5. The number of aromatic nitrogens is 2. The Morgan fingerprint density at radius 3 is 2.55 bits per heavy atom. The third-order valence-electron chi connectivity index (χ3n) is 5.53. The van der Waals surface area contributed by atoms with Gasteiger partial charge in [-0.25, -0.2) is 9.78 Å². The molecule has 0 bridgehead atoms. The van der Waals surface area contributed by atoms with Crippen LogP contribution in [-0.2, 0) is 13.6 Å². The first-order chi connectivity index (χ1) is 14.1. The molecule has 0 aliphatic carbocycles. The van der Waals surface area contributed by atoms with Gasteiger partial charge in [0, 0.05) is 50.2 Å². The average molecular weight is 390 g/mol. The number of anilines is 1. The maximum Gasteiger partial charge on any atom is 0.319 e. The van der Waals surface area contributed by atoms with E-state index in [-0.39, 0.29) is 6.04 Å². The SMILES string of the molecule is Cn1cnc(-c2cccc(N(C(N)=O)C3CCN(Cc4ccccc4)CC3)c2)c1. The minimum atomic E-state index is -0.398. The van der Waals surface area contributed by atoms with Crippen molar-refractivity contribution in [3.05, 3.63) is 72.7 Å². The first-order valence-corrected chi connectivity index (χ1v) is 10.0. The second-order valence-corrected chi connectivity index (χ2v) is 7.68. The number of primary amides is 1. The van der Waals surface area contributed by atoms with Crippen LogP contribution < -0.4 is 10.6 Å². The molecule has 2 N–H and O–H groups in total. The molecule has 0 saturated carbocycles. The number of benzene rings is 2. The summed E-state index contributed by atoms with van der Waals surface area (Å²) in [5.74, 6) is 0. The number of urea groups is 1. The van der Waals surface area contributed by atoms with Gasteiger partial charge in [-0.15, -0.1) is 0 Å². The monoisotopic (exact) mass is 389 g/mol. The number of imidazole rings is 1. The van der Waals surface area contributed by atoms with E-state index in [1.807, 2.05) is 48.1 Å². The lowest BCUT2D eigenvalue weighted by Crippen LogP contribution is -2.49. The van der Waals surface area contributed by atoms with Crippen molar-refractivity contribution < 1.29 is 4.79 Å². The second kappa shape index (κ2) is 8.49. The molecular weight excluding hydrogens is 362 g/mol. The number of piperidine rings is 1. The summed E-state index contributed by atoms with van der Waals surface area (Å²) in [5.41, 5.74) is 9.83. The Morgan fingerprint density at radius 1 is 1.14 bits per heavy atom. The summed E-state index contributed by atoms with van der Waals surface area (Å²) < 4.78 is 1.91. The molecule has 6 heteroatoms. The van der Waals surface area contributed by atoms with E-state index >= 15 is 0 Å². The number of amides is 2. The van der Waals surface area contributed by atoms with Crippen molar-refractivity contribution >= 4 is 11.7 Å². The first kappa shape index (κ1) is 19.2. The van der Waals surface area contributed by atoms with E-state index in [1.165, 1.54) is 5.56 Å².